The van der Waals surface area contributed by atoms with Gasteiger partial charge in [-0.2, -0.15) is 0 Å². The minimum absolute atomic E-state index is 0.0904. The fraction of sp³-hybridized carbons (Fsp3) is 0.533. The lowest BCUT2D eigenvalue weighted by molar-refractivity contribution is -0.152. The van der Waals surface area contributed by atoms with Crippen LogP contribution in [-0.2, 0) is 19.1 Å². The zero-order chi connectivity index (χ0) is 15.2. The maximum atomic E-state index is 12.2. The van der Waals surface area contributed by atoms with Gasteiger partial charge in [0.15, 0.2) is 0 Å². The lowest BCUT2D eigenvalue weighted by Gasteiger charge is -2.23. The average Bonchev–Trinajstić information content (AvgIpc) is 3.14. The Morgan fingerprint density at radius 1 is 1.29 bits per heavy atom. The Hall–Kier alpha value is -2.11. The fourth-order valence-corrected chi connectivity index (χ4v) is 2.54. The number of likely N-dealkylation sites (tertiary alicyclic amines) is 1. The lowest BCUT2D eigenvalue weighted by atomic mass is 10.1. The standard InChI is InChI=1S/C15H20N2O4/c1-2-21-15(20)12-8-5-9-17(12)13(18)10-16-14(19)11-6-3-4-7-11/h3-4,6-7,11-12H,2,5,8-10H2,1H3,(H,16,19)/t12-/m0/s1. The molecule has 114 valence electrons. The van der Waals surface area contributed by atoms with Gasteiger partial charge in [0.05, 0.1) is 19.1 Å². The van der Waals surface area contributed by atoms with Crippen LogP contribution in [0.1, 0.15) is 19.8 Å². The van der Waals surface area contributed by atoms with Crippen molar-refractivity contribution in [1.29, 1.82) is 0 Å². The van der Waals surface area contributed by atoms with Gasteiger partial charge in [0.1, 0.15) is 6.04 Å². The molecule has 2 rings (SSSR count). The van der Waals surface area contributed by atoms with E-state index >= 15 is 0 Å². The topological polar surface area (TPSA) is 75.7 Å². The molecule has 1 aliphatic heterocycles. The van der Waals surface area contributed by atoms with Gasteiger partial charge in [-0.15, -0.1) is 0 Å². The average molecular weight is 292 g/mol. The predicted octanol–water partition coefficient (Wildman–Crippen LogP) is 0.399. The highest BCUT2D eigenvalue weighted by Gasteiger charge is 2.35. The van der Waals surface area contributed by atoms with Crippen molar-refractivity contribution < 1.29 is 19.1 Å². The first-order valence-corrected chi connectivity index (χ1v) is 7.22. The van der Waals surface area contributed by atoms with Crippen molar-refractivity contribution in [2.24, 2.45) is 5.92 Å². The number of esters is 1. The number of allylic oxidation sites excluding steroid dienone is 2. The number of amides is 2. The van der Waals surface area contributed by atoms with E-state index in [0.717, 1.165) is 6.42 Å². The minimum atomic E-state index is -0.513. The minimum Gasteiger partial charge on any atom is -0.464 e. The summed E-state index contributed by atoms with van der Waals surface area (Å²) < 4.78 is 4.97. The number of carbonyl (C=O) groups excluding carboxylic acids is 3. The molecule has 0 aromatic heterocycles. The molecule has 1 heterocycles. The number of ether oxygens (including phenoxy) is 1. The molecule has 1 N–H and O–H groups in total. The number of hydrogen-bond acceptors (Lipinski definition) is 4. The van der Waals surface area contributed by atoms with Gasteiger partial charge in [0.25, 0.3) is 0 Å². The van der Waals surface area contributed by atoms with Gasteiger partial charge >= 0.3 is 5.97 Å². The summed E-state index contributed by atoms with van der Waals surface area (Å²) in [6.07, 6.45) is 8.50. The fourth-order valence-electron chi connectivity index (χ4n) is 2.54. The van der Waals surface area contributed by atoms with Crippen LogP contribution in [0.4, 0.5) is 0 Å². The molecule has 0 radical (unpaired) electrons. The number of hydrogen-bond donors (Lipinski definition) is 1. The van der Waals surface area contributed by atoms with Crippen LogP contribution in [-0.4, -0.2) is 48.4 Å². The summed E-state index contributed by atoms with van der Waals surface area (Å²) >= 11 is 0. The summed E-state index contributed by atoms with van der Waals surface area (Å²) in [6.45, 7) is 2.48. The highest BCUT2D eigenvalue weighted by molar-refractivity contribution is 5.90. The summed E-state index contributed by atoms with van der Waals surface area (Å²) in [4.78, 5) is 37.2. The molecule has 0 aromatic rings. The maximum absolute atomic E-state index is 12.2. The molecule has 6 nitrogen and oxygen atoms in total. The zero-order valence-electron chi connectivity index (χ0n) is 12.1. The third-order valence-electron chi connectivity index (χ3n) is 3.60. The molecule has 0 bridgehead atoms. The first-order valence-electron chi connectivity index (χ1n) is 7.22. The summed E-state index contributed by atoms with van der Waals surface area (Å²) in [7, 11) is 0. The molecule has 1 saturated heterocycles. The monoisotopic (exact) mass is 292 g/mol. The first-order chi connectivity index (χ1) is 10.1. The van der Waals surface area contributed by atoms with Gasteiger partial charge in [0, 0.05) is 6.54 Å². The van der Waals surface area contributed by atoms with Crippen molar-refractivity contribution >= 4 is 17.8 Å². The van der Waals surface area contributed by atoms with Crippen molar-refractivity contribution in [1.82, 2.24) is 10.2 Å². The van der Waals surface area contributed by atoms with Crippen LogP contribution in [0.3, 0.4) is 0 Å². The highest BCUT2D eigenvalue weighted by atomic mass is 16.5. The molecule has 2 aliphatic rings. The lowest BCUT2D eigenvalue weighted by Crippen LogP contribution is -2.46. The second kappa shape index (κ2) is 7.06. The Labute approximate surface area is 123 Å². The molecular formula is C15H20N2O4. The summed E-state index contributed by atoms with van der Waals surface area (Å²) in [5.74, 6) is -1.13. The van der Waals surface area contributed by atoms with E-state index in [1.165, 1.54) is 4.90 Å². The van der Waals surface area contributed by atoms with Crippen LogP contribution in [0.5, 0.6) is 0 Å². The van der Waals surface area contributed by atoms with E-state index in [0.29, 0.717) is 19.6 Å². The molecule has 1 aliphatic carbocycles. The zero-order valence-corrected chi connectivity index (χ0v) is 12.1. The number of rotatable bonds is 5. The second-order valence-electron chi connectivity index (χ2n) is 5.01. The van der Waals surface area contributed by atoms with Crippen molar-refractivity contribution in [2.75, 3.05) is 19.7 Å². The second-order valence-corrected chi connectivity index (χ2v) is 5.01. The smallest absolute Gasteiger partial charge is 0.328 e. The molecule has 0 aromatic carbocycles. The van der Waals surface area contributed by atoms with Gasteiger partial charge in [0.2, 0.25) is 11.8 Å². The molecule has 0 saturated carbocycles. The Kier molecular flexibility index (Phi) is 5.14. The number of nitrogens with zero attached hydrogens (tertiary/aromatic N) is 1. The van der Waals surface area contributed by atoms with Crippen LogP contribution in [0, 0.1) is 5.92 Å². The third kappa shape index (κ3) is 3.71. The summed E-state index contributed by atoms with van der Waals surface area (Å²) in [5.41, 5.74) is 0. The van der Waals surface area contributed by atoms with E-state index < -0.39 is 6.04 Å². The normalized spacial score (nSPS) is 20.8. The van der Waals surface area contributed by atoms with Crippen LogP contribution < -0.4 is 5.32 Å². The van der Waals surface area contributed by atoms with Gasteiger partial charge in [-0.05, 0) is 19.8 Å². The van der Waals surface area contributed by atoms with Crippen molar-refractivity contribution in [3.63, 3.8) is 0 Å². The summed E-state index contributed by atoms with van der Waals surface area (Å²) in [5, 5.41) is 2.61. The van der Waals surface area contributed by atoms with E-state index in [-0.39, 0.29) is 30.2 Å². The van der Waals surface area contributed by atoms with Gasteiger partial charge in [-0.25, -0.2) is 4.79 Å². The predicted molar refractivity (Wildman–Crippen MR) is 76.1 cm³/mol. The largest absolute Gasteiger partial charge is 0.464 e. The van der Waals surface area contributed by atoms with Gasteiger partial charge < -0.3 is 15.0 Å². The molecule has 1 atom stereocenters. The quantitative estimate of drug-likeness (QED) is 0.744. The number of nitrogens with one attached hydrogen (secondary N) is 1. The van der Waals surface area contributed by atoms with Crippen molar-refractivity contribution in [2.45, 2.75) is 25.8 Å². The van der Waals surface area contributed by atoms with Crippen molar-refractivity contribution in [3.8, 4) is 0 Å². The Morgan fingerprint density at radius 2 is 2.00 bits per heavy atom. The Morgan fingerprint density at radius 3 is 2.67 bits per heavy atom. The number of carbonyl (C=O) groups is 3. The van der Waals surface area contributed by atoms with Gasteiger partial charge in [-0.1, -0.05) is 24.3 Å². The van der Waals surface area contributed by atoms with Crippen molar-refractivity contribution in [3.05, 3.63) is 24.3 Å². The molecular weight excluding hydrogens is 272 g/mol. The van der Waals surface area contributed by atoms with Crippen LogP contribution in [0.15, 0.2) is 24.3 Å². The molecule has 0 spiro atoms. The van der Waals surface area contributed by atoms with Crippen LogP contribution >= 0.6 is 0 Å². The third-order valence-corrected chi connectivity index (χ3v) is 3.60. The van der Waals surface area contributed by atoms with Crippen LogP contribution in [0.2, 0.25) is 0 Å². The van der Waals surface area contributed by atoms with E-state index in [2.05, 4.69) is 5.32 Å². The highest BCUT2D eigenvalue weighted by Crippen LogP contribution is 2.18. The first kappa shape index (κ1) is 15.3. The molecule has 21 heavy (non-hydrogen) atoms. The summed E-state index contributed by atoms with van der Waals surface area (Å²) in [6, 6.07) is -0.513. The Balaban J connectivity index is 1.84. The van der Waals surface area contributed by atoms with E-state index in [1.807, 2.05) is 0 Å². The maximum Gasteiger partial charge on any atom is 0.328 e. The molecule has 0 unspecified atom stereocenters. The van der Waals surface area contributed by atoms with E-state index in [9.17, 15) is 14.4 Å². The van der Waals surface area contributed by atoms with E-state index in [1.54, 1.807) is 31.2 Å². The molecule has 1 fully saturated rings. The molecule has 2 amide bonds. The van der Waals surface area contributed by atoms with Gasteiger partial charge in [-0.3, -0.25) is 9.59 Å². The Bertz CT molecular complexity index is 472. The SMILES string of the molecule is CCOC(=O)[C@@H]1CCCN1C(=O)CNC(=O)C1C=CC=C1. The molecule has 6 heteroatoms. The van der Waals surface area contributed by atoms with E-state index in [4.69, 9.17) is 4.74 Å². The van der Waals surface area contributed by atoms with Crippen LogP contribution in [0.25, 0.3) is 0 Å².